The molecule has 3 nitrogen and oxygen atoms in total. The first-order valence-electron chi connectivity index (χ1n) is 9.18. The quantitative estimate of drug-likeness (QED) is 0.638. The smallest absolute Gasteiger partial charge is 0.309 e. The lowest BCUT2D eigenvalue weighted by atomic mass is 9.72. The molecule has 0 N–H and O–H groups in total. The van der Waals surface area contributed by atoms with E-state index in [-0.39, 0.29) is 22.7 Å². The maximum Gasteiger partial charge on any atom is 0.309 e. The number of hydrogen-bond acceptors (Lipinski definition) is 3. The maximum absolute atomic E-state index is 12.6. The zero-order valence-corrected chi connectivity index (χ0v) is 16.4. The van der Waals surface area contributed by atoms with Crippen LogP contribution < -0.4 is 0 Å². The average Bonchev–Trinajstić information content (AvgIpc) is 2.42. The number of methoxy groups -OCH3 is 1. The Hall–Kier alpha value is -0.570. The average molecular weight is 327 g/mol. The molecule has 23 heavy (non-hydrogen) atoms. The fourth-order valence-corrected chi connectivity index (χ4v) is 3.46. The summed E-state index contributed by atoms with van der Waals surface area (Å²) in [6, 6.07) is 0. The summed E-state index contributed by atoms with van der Waals surface area (Å²) in [7, 11) is 1.77. The van der Waals surface area contributed by atoms with Crippen LogP contribution in [0.4, 0.5) is 0 Å². The van der Waals surface area contributed by atoms with E-state index in [4.69, 9.17) is 9.47 Å². The van der Waals surface area contributed by atoms with Crippen LogP contribution in [0.25, 0.3) is 0 Å². The van der Waals surface area contributed by atoms with E-state index in [1.54, 1.807) is 7.11 Å². The highest BCUT2D eigenvalue weighted by Gasteiger charge is 2.36. The monoisotopic (exact) mass is 326 g/mol. The van der Waals surface area contributed by atoms with Crippen LogP contribution in [0.1, 0.15) is 73.6 Å². The van der Waals surface area contributed by atoms with Gasteiger partial charge in [0.1, 0.15) is 0 Å². The van der Waals surface area contributed by atoms with E-state index in [1.807, 2.05) is 0 Å². The lowest BCUT2D eigenvalue weighted by Gasteiger charge is -2.34. The highest BCUT2D eigenvalue weighted by molar-refractivity contribution is 5.73. The van der Waals surface area contributed by atoms with Gasteiger partial charge in [0, 0.05) is 13.7 Å². The second-order valence-electron chi connectivity index (χ2n) is 9.66. The number of rotatable bonds is 6. The molecule has 1 aliphatic carbocycles. The molecule has 0 amide bonds. The molecule has 0 saturated heterocycles. The molecule has 136 valence electrons. The third kappa shape index (κ3) is 7.69. The van der Waals surface area contributed by atoms with Gasteiger partial charge in [0.15, 0.2) is 0 Å². The second kappa shape index (κ2) is 8.50. The van der Waals surface area contributed by atoms with E-state index in [0.717, 1.165) is 25.9 Å². The normalized spacial score (nSPS) is 24.3. The van der Waals surface area contributed by atoms with Crippen molar-refractivity contribution >= 4 is 5.97 Å². The summed E-state index contributed by atoms with van der Waals surface area (Å²) in [5, 5.41) is 0. The minimum absolute atomic E-state index is 0.00793. The van der Waals surface area contributed by atoms with Crippen molar-refractivity contribution in [1.29, 1.82) is 0 Å². The Labute approximate surface area is 143 Å². The fraction of sp³-hybridized carbons (Fsp3) is 0.950. The largest absolute Gasteiger partial charge is 0.465 e. The number of carbonyl (C=O) groups is 1. The van der Waals surface area contributed by atoms with E-state index in [1.165, 1.54) is 12.8 Å². The minimum atomic E-state index is -0.0551. The van der Waals surface area contributed by atoms with Crippen molar-refractivity contribution in [2.45, 2.75) is 73.6 Å². The molecule has 1 atom stereocenters. The Kier molecular flexibility index (Phi) is 7.57. The predicted molar refractivity (Wildman–Crippen MR) is 95.3 cm³/mol. The van der Waals surface area contributed by atoms with Gasteiger partial charge in [-0.2, -0.15) is 0 Å². The fourth-order valence-electron chi connectivity index (χ4n) is 3.46. The topological polar surface area (TPSA) is 35.5 Å². The molecule has 1 saturated carbocycles. The number of ether oxygens (including phenoxy) is 2. The van der Waals surface area contributed by atoms with E-state index in [9.17, 15) is 4.79 Å². The van der Waals surface area contributed by atoms with Gasteiger partial charge in [0.2, 0.25) is 0 Å². The Morgan fingerprint density at radius 2 is 1.43 bits per heavy atom. The summed E-state index contributed by atoms with van der Waals surface area (Å²) in [4.78, 5) is 12.6. The molecule has 0 heterocycles. The van der Waals surface area contributed by atoms with Crippen molar-refractivity contribution in [1.82, 2.24) is 0 Å². The summed E-state index contributed by atoms with van der Waals surface area (Å²) >= 11 is 0. The Morgan fingerprint density at radius 1 is 0.957 bits per heavy atom. The van der Waals surface area contributed by atoms with E-state index in [2.05, 4.69) is 41.5 Å². The molecular formula is C20H38O3. The summed E-state index contributed by atoms with van der Waals surface area (Å²) in [6.07, 6.45) is 5.57. The summed E-state index contributed by atoms with van der Waals surface area (Å²) in [5.74, 6) is 1.18. The zero-order valence-electron chi connectivity index (χ0n) is 16.4. The van der Waals surface area contributed by atoms with Crippen LogP contribution in [0.3, 0.4) is 0 Å². The first-order valence-corrected chi connectivity index (χ1v) is 9.18. The van der Waals surface area contributed by atoms with Crippen molar-refractivity contribution in [3.63, 3.8) is 0 Å². The van der Waals surface area contributed by atoms with Gasteiger partial charge in [0.05, 0.1) is 12.5 Å². The van der Waals surface area contributed by atoms with E-state index < -0.39 is 0 Å². The number of carbonyl (C=O) groups excluding carboxylic acids is 1. The standard InChI is InChI=1S/C20H38O3/c1-19(2,3)12-17(20(4,5)6)18(21)23-14-16-10-8-15(9-11-16)13-22-7/h15-17H,8-14H2,1-7H3. The summed E-state index contributed by atoms with van der Waals surface area (Å²) < 4.78 is 11.0. The van der Waals surface area contributed by atoms with Crippen LogP contribution in [-0.4, -0.2) is 26.3 Å². The van der Waals surface area contributed by atoms with Gasteiger partial charge in [-0.05, 0) is 54.8 Å². The van der Waals surface area contributed by atoms with E-state index >= 15 is 0 Å². The SMILES string of the molecule is COCC1CCC(COC(=O)C(CC(C)(C)C)C(C)(C)C)CC1. The second-order valence-corrected chi connectivity index (χ2v) is 9.66. The number of hydrogen-bond donors (Lipinski definition) is 0. The highest BCUT2D eigenvalue weighted by atomic mass is 16.5. The molecule has 1 unspecified atom stereocenters. The molecule has 1 rings (SSSR count). The van der Waals surface area contributed by atoms with Gasteiger partial charge in [-0.15, -0.1) is 0 Å². The van der Waals surface area contributed by atoms with Gasteiger partial charge in [-0.1, -0.05) is 41.5 Å². The van der Waals surface area contributed by atoms with Crippen molar-refractivity contribution in [2.24, 2.45) is 28.6 Å². The van der Waals surface area contributed by atoms with Crippen LogP contribution in [0, 0.1) is 28.6 Å². The Morgan fingerprint density at radius 3 is 1.83 bits per heavy atom. The third-order valence-corrected chi connectivity index (χ3v) is 4.98. The molecule has 0 aliphatic heterocycles. The third-order valence-electron chi connectivity index (χ3n) is 4.98. The van der Waals surface area contributed by atoms with Crippen LogP contribution in [0.2, 0.25) is 0 Å². The van der Waals surface area contributed by atoms with Gasteiger partial charge in [0.25, 0.3) is 0 Å². The molecular weight excluding hydrogens is 288 g/mol. The zero-order chi connectivity index (χ0) is 17.7. The molecule has 0 aromatic rings. The molecule has 0 spiro atoms. The molecule has 0 bridgehead atoms. The Bertz CT molecular complexity index is 354. The van der Waals surface area contributed by atoms with Crippen LogP contribution in [0.15, 0.2) is 0 Å². The van der Waals surface area contributed by atoms with Crippen molar-refractivity contribution < 1.29 is 14.3 Å². The van der Waals surface area contributed by atoms with E-state index in [0.29, 0.717) is 18.4 Å². The van der Waals surface area contributed by atoms with Crippen molar-refractivity contribution in [2.75, 3.05) is 20.3 Å². The van der Waals surface area contributed by atoms with Crippen LogP contribution in [-0.2, 0) is 14.3 Å². The van der Waals surface area contributed by atoms with Gasteiger partial charge >= 0.3 is 5.97 Å². The van der Waals surface area contributed by atoms with Gasteiger partial charge in [-0.3, -0.25) is 4.79 Å². The molecule has 0 radical (unpaired) electrons. The van der Waals surface area contributed by atoms with Crippen LogP contribution >= 0.6 is 0 Å². The predicted octanol–water partition coefficient (Wildman–Crippen LogP) is 5.08. The molecule has 3 heteroatoms. The van der Waals surface area contributed by atoms with Gasteiger partial charge in [-0.25, -0.2) is 0 Å². The number of esters is 1. The first kappa shape index (κ1) is 20.5. The van der Waals surface area contributed by atoms with Crippen molar-refractivity contribution in [3.8, 4) is 0 Å². The molecule has 0 aromatic heterocycles. The summed E-state index contributed by atoms with van der Waals surface area (Å²) in [5.41, 5.74) is 0.0790. The molecule has 1 aliphatic rings. The van der Waals surface area contributed by atoms with Crippen LogP contribution in [0.5, 0.6) is 0 Å². The Balaban J connectivity index is 2.47. The summed E-state index contributed by atoms with van der Waals surface area (Å²) in [6.45, 7) is 14.4. The lowest BCUT2D eigenvalue weighted by molar-refractivity contribution is -0.155. The minimum Gasteiger partial charge on any atom is -0.465 e. The maximum atomic E-state index is 12.6. The van der Waals surface area contributed by atoms with Gasteiger partial charge < -0.3 is 9.47 Å². The first-order chi connectivity index (χ1) is 10.5. The molecule has 1 fully saturated rings. The molecule has 0 aromatic carbocycles. The lowest BCUT2D eigenvalue weighted by Crippen LogP contribution is -2.34. The highest BCUT2D eigenvalue weighted by Crippen LogP contribution is 2.37. The van der Waals surface area contributed by atoms with Crippen molar-refractivity contribution in [3.05, 3.63) is 0 Å².